The molecule has 4 nitrogen and oxygen atoms in total. The van der Waals surface area contributed by atoms with Crippen LogP contribution in [-0.2, 0) is 9.59 Å². The minimum Gasteiger partial charge on any atom is -0.326 e. The molecule has 1 atom stereocenters. The minimum atomic E-state index is -0.412. The molecule has 2 aromatic rings. The third kappa shape index (κ3) is 4.50. The highest BCUT2D eigenvalue weighted by atomic mass is 32.2. The molecule has 0 radical (unpaired) electrons. The molecule has 142 valence electrons. The van der Waals surface area contributed by atoms with Crippen LogP contribution in [0.15, 0.2) is 42.5 Å². The molecule has 0 bridgehead atoms. The Bertz CT molecular complexity index is 856. The van der Waals surface area contributed by atoms with Crippen LogP contribution < -0.4 is 10.2 Å². The van der Waals surface area contributed by atoms with E-state index in [1.54, 1.807) is 12.1 Å². The van der Waals surface area contributed by atoms with Gasteiger partial charge in [0.25, 0.3) is 0 Å². The van der Waals surface area contributed by atoms with Gasteiger partial charge in [-0.05, 0) is 48.7 Å². The highest BCUT2D eigenvalue weighted by Crippen LogP contribution is 2.43. The summed E-state index contributed by atoms with van der Waals surface area (Å²) in [6.07, 6.45) is 2.29. The zero-order valence-corrected chi connectivity index (χ0v) is 16.3. The molecule has 0 saturated carbocycles. The van der Waals surface area contributed by atoms with Gasteiger partial charge in [0.1, 0.15) is 11.2 Å². The zero-order valence-electron chi connectivity index (χ0n) is 15.5. The first kappa shape index (κ1) is 19.4. The number of rotatable bonds is 6. The fraction of sp³-hybridized carbons (Fsp3) is 0.333. The molecular weight excluding hydrogens is 363 g/mol. The van der Waals surface area contributed by atoms with Crippen LogP contribution in [0.4, 0.5) is 15.8 Å². The minimum absolute atomic E-state index is 0.0225. The van der Waals surface area contributed by atoms with E-state index in [-0.39, 0.29) is 17.2 Å². The molecule has 0 unspecified atom stereocenters. The maximum absolute atomic E-state index is 14.4. The summed E-state index contributed by atoms with van der Waals surface area (Å²) in [6.45, 7) is 3.92. The Labute approximate surface area is 163 Å². The Morgan fingerprint density at radius 1 is 1.30 bits per heavy atom. The number of hydrogen-bond acceptors (Lipinski definition) is 3. The predicted octanol–water partition coefficient (Wildman–Crippen LogP) is 5.04. The normalized spacial score (nSPS) is 16.6. The molecule has 1 heterocycles. The van der Waals surface area contributed by atoms with Crippen LogP contribution in [-0.4, -0.2) is 17.6 Å². The average Bonchev–Trinajstić information content (AvgIpc) is 3.03. The first-order chi connectivity index (χ1) is 13.0. The Hall–Kier alpha value is -2.34. The van der Waals surface area contributed by atoms with Gasteiger partial charge in [-0.2, -0.15) is 0 Å². The molecule has 2 amide bonds. The van der Waals surface area contributed by atoms with Crippen molar-refractivity contribution in [2.24, 2.45) is 0 Å². The smallest absolute Gasteiger partial charge is 0.238 e. The van der Waals surface area contributed by atoms with Crippen molar-refractivity contribution in [2.75, 3.05) is 16.0 Å². The molecule has 0 spiro atoms. The van der Waals surface area contributed by atoms with Crippen LogP contribution in [0.5, 0.6) is 0 Å². The van der Waals surface area contributed by atoms with E-state index in [2.05, 4.69) is 5.32 Å². The molecule has 6 heteroatoms. The summed E-state index contributed by atoms with van der Waals surface area (Å²) in [5.74, 6) is -0.256. The highest BCUT2D eigenvalue weighted by molar-refractivity contribution is 8.00. The molecule has 0 aliphatic carbocycles. The summed E-state index contributed by atoms with van der Waals surface area (Å²) in [4.78, 5) is 26.0. The summed E-state index contributed by atoms with van der Waals surface area (Å²) < 4.78 is 14.4. The quantitative estimate of drug-likeness (QED) is 0.756. The number of amides is 2. The van der Waals surface area contributed by atoms with Crippen LogP contribution >= 0.6 is 11.8 Å². The van der Waals surface area contributed by atoms with E-state index in [4.69, 9.17) is 0 Å². The van der Waals surface area contributed by atoms with Crippen molar-refractivity contribution in [3.8, 4) is 0 Å². The summed E-state index contributed by atoms with van der Waals surface area (Å²) >= 11 is 1.46. The fourth-order valence-electron chi connectivity index (χ4n) is 3.07. The van der Waals surface area contributed by atoms with Gasteiger partial charge in [0.05, 0.1) is 11.4 Å². The van der Waals surface area contributed by atoms with E-state index >= 15 is 0 Å². The summed E-state index contributed by atoms with van der Waals surface area (Å²) in [7, 11) is 0. The van der Waals surface area contributed by atoms with Gasteiger partial charge in [-0.15, -0.1) is 11.8 Å². The Balaban J connectivity index is 1.86. The number of nitrogens with zero attached hydrogens (tertiary/aromatic N) is 1. The van der Waals surface area contributed by atoms with Crippen LogP contribution in [0.3, 0.4) is 0 Å². The largest absolute Gasteiger partial charge is 0.326 e. The lowest BCUT2D eigenvalue weighted by molar-refractivity contribution is -0.117. The van der Waals surface area contributed by atoms with Crippen molar-refractivity contribution < 1.29 is 14.0 Å². The van der Waals surface area contributed by atoms with E-state index in [9.17, 15) is 14.0 Å². The number of carbonyl (C=O) groups excluding carboxylic acids is 2. The maximum Gasteiger partial charge on any atom is 0.238 e. The summed E-state index contributed by atoms with van der Waals surface area (Å²) in [6, 6.07) is 12.2. The average molecular weight is 386 g/mol. The second kappa shape index (κ2) is 8.57. The fourth-order valence-corrected chi connectivity index (χ4v) is 4.23. The van der Waals surface area contributed by atoms with Crippen LogP contribution in [0.1, 0.15) is 42.7 Å². The van der Waals surface area contributed by atoms with Gasteiger partial charge in [-0.25, -0.2) is 4.39 Å². The number of thioether (sulfide) groups is 1. The standard InChI is InChI=1S/C21H23FN2O2S/c1-3-4-8-19(25)23-16-7-5-6-15(12-16)21-24(20(26)13-27-21)18-11-14(2)9-10-17(18)22/h5-7,9-12,21H,3-4,8,13H2,1-2H3,(H,23,25)/t21-/m1/s1. The third-order valence-electron chi connectivity index (χ3n) is 4.44. The maximum atomic E-state index is 14.4. The molecule has 0 aromatic heterocycles. The lowest BCUT2D eigenvalue weighted by Crippen LogP contribution is -2.28. The molecular formula is C21H23FN2O2S. The SMILES string of the molecule is CCCCC(=O)Nc1cccc([C@H]2SCC(=O)N2c2cc(C)ccc2F)c1. The van der Waals surface area contributed by atoms with Crippen LogP contribution in [0, 0.1) is 12.7 Å². The van der Waals surface area contributed by atoms with E-state index in [0.29, 0.717) is 23.5 Å². The van der Waals surface area contributed by atoms with Gasteiger partial charge in [0, 0.05) is 12.1 Å². The zero-order chi connectivity index (χ0) is 19.4. The van der Waals surface area contributed by atoms with Crippen molar-refractivity contribution >= 4 is 35.0 Å². The van der Waals surface area contributed by atoms with Crippen molar-refractivity contribution in [1.82, 2.24) is 0 Å². The van der Waals surface area contributed by atoms with Crippen molar-refractivity contribution in [3.63, 3.8) is 0 Å². The topological polar surface area (TPSA) is 49.4 Å². The van der Waals surface area contributed by atoms with Crippen LogP contribution in [0.25, 0.3) is 0 Å². The Kier molecular flexibility index (Phi) is 6.16. The molecule has 1 saturated heterocycles. The number of anilines is 2. The van der Waals surface area contributed by atoms with Crippen molar-refractivity contribution in [3.05, 3.63) is 59.4 Å². The van der Waals surface area contributed by atoms with Gasteiger partial charge in [-0.3, -0.25) is 14.5 Å². The van der Waals surface area contributed by atoms with E-state index in [0.717, 1.165) is 24.0 Å². The van der Waals surface area contributed by atoms with E-state index < -0.39 is 5.82 Å². The number of halogens is 1. The second-order valence-corrected chi connectivity index (χ2v) is 7.73. The molecule has 1 aliphatic rings. The monoisotopic (exact) mass is 386 g/mol. The first-order valence-electron chi connectivity index (χ1n) is 9.09. The highest BCUT2D eigenvalue weighted by Gasteiger charge is 2.35. The van der Waals surface area contributed by atoms with E-state index in [1.165, 1.54) is 22.7 Å². The number of hydrogen-bond donors (Lipinski definition) is 1. The molecule has 2 aromatic carbocycles. The second-order valence-electron chi connectivity index (χ2n) is 6.66. The molecule has 1 fully saturated rings. The number of aryl methyl sites for hydroxylation is 1. The molecule has 27 heavy (non-hydrogen) atoms. The third-order valence-corrected chi connectivity index (χ3v) is 5.65. The first-order valence-corrected chi connectivity index (χ1v) is 10.1. The van der Waals surface area contributed by atoms with Crippen molar-refractivity contribution in [2.45, 2.75) is 38.5 Å². The van der Waals surface area contributed by atoms with Crippen LogP contribution in [0.2, 0.25) is 0 Å². The molecule has 1 aliphatic heterocycles. The van der Waals surface area contributed by atoms with Gasteiger partial charge in [-0.1, -0.05) is 31.5 Å². The lowest BCUT2D eigenvalue weighted by atomic mass is 10.1. The predicted molar refractivity (Wildman–Crippen MR) is 108 cm³/mol. The Morgan fingerprint density at radius 2 is 2.11 bits per heavy atom. The number of unbranched alkanes of at least 4 members (excludes halogenated alkanes) is 1. The van der Waals surface area contributed by atoms with Gasteiger partial charge in [0.15, 0.2) is 0 Å². The molecule has 3 rings (SSSR count). The number of benzene rings is 2. The van der Waals surface area contributed by atoms with Gasteiger partial charge in [0.2, 0.25) is 11.8 Å². The number of carbonyl (C=O) groups is 2. The van der Waals surface area contributed by atoms with E-state index in [1.807, 2.05) is 38.1 Å². The number of nitrogens with one attached hydrogen (secondary N) is 1. The molecule has 1 N–H and O–H groups in total. The Morgan fingerprint density at radius 3 is 2.89 bits per heavy atom. The lowest BCUT2D eigenvalue weighted by Gasteiger charge is -2.25. The summed E-state index contributed by atoms with van der Waals surface area (Å²) in [5, 5.41) is 2.58. The van der Waals surface area contributed by atoms with Crippen molar-refractivity contribution in [1.29, 1.82) is 0 Å². The van der Waals surface area contributed by atoms with Gasteiger partial charge < -0.3 is 5.32 Å². The summed E-state index contributed by atoms with van der Waals surface area (Å²) in [5.41, 5.74) is 2.75. The van der Waals surface area contributed by atoms with Gasteiger partial charge >= 0.3 is 0 Å².